The molecule has 1 saturated heterocycles. The number of amides is 1. The second-order valence-electron chi connectivity index (χ2n) is 5.14. The minimum absolute atomic E-state index is 0.0465. The second-order valence-corrected chi connectivity index (χ2v) is 5.14. The summed E-state index contributed by atoms with van der Waals surface area (Å²) in [6, 6.07) is 6.36. The van der Waals surface area contributed by atoms with Crippen molar-refractivity contribution in [3.05, 3.63) is 24.4 Å². The van der Waals surface area contributed by atoms with E-state index >= 15 is 0 Å². The van der Waals surface area contributed by atoms with E-state index in [0.29, 0.717) is 0 Å². The summed E-state index contributed by atoms with van der Waals surface area (Å²) in [7, 11) is 2.00. The number of carbonyl (C=O) groups excluding carboxylic acids is 1. The molecule has 106 valence electrons. The molecule has 1 aromatic carbocycles. The van der Waals surface area contributed by atoms with Crippen LogP contribution in [0.3, 0.4) is 0 Å². The average molecular weight is 273 g/mol. The highest BCUT2D eigenvalue weighted by atomic mass is 16.5. The van der Waals surface area contributed by atoms with Gasteiger partial charge in [-0.2, -0.15) is 0 Å². The van der Waals surface area contributed by atoms with Gasteiger partial charge in [0.1, 0.15) is 0 Å². The maximum atomic E-state index is 11.2. The minimum Gasteiger partial charge on any atom is -0.378 e. The molecule has 0 atom stereocenters. The topological polar surface area (TPSA) is 46.5 Å². The number of hydrogen-bond acceptors (Lipinski definition) is 3. The van der Waals surface area contributed by atoms with Crippen molar-refractivity contribution in [1.29, 1.82) is 0 Å². The first-order valence-electron chi connectivity index (χ1n) is 6.84. The van der Waals surface area contributed by atoms with Gasteiger partial charge >= 0.3 is 0 Å². The van der Waals surface area contributed by atoms with Crippen molar-refractivity contribution in [2.24, 2.45) is 7.05 Å². The Labute approximate surface area is 118 Å². The number of ether oxygens (including phenoxy) is 1. The number of fused-ring (bicyclic) bond motifs is 1. The van der Waals surface area contributed by atoms with Gasteiger partial charge in [-0.05, 0) is 18.2 Å². The standard InChI is InChI=1S/C15H19N3O2/c1-11(19)16-14-10-17(2)15-9-12(3-4-13(14)15)18-5-7-20-8-6-18/h3-4,9-10H,5-8H2,1-2H3,(H,16,19). The molecule has 0 spiro atoms. The van der Waals surface area contributed by atoms with Gasteiger partial charge in [-0.15, -0.1) is 0 Å². The Bertz CT molecular complexity index is 642. The molecule has 0 saturated carbocycles. The number of benzene rings is 1. The van der Waals surface area contributed by atoms with Crippen molar-refractivity contribution in [3.63, 3.8) is 0 Å². The molecule has 1 aliphatic rings. The van der Waals surface area contributed by atoms with Crippen molar-refractivity contribution in [1.82, 2.24) is 4.57 Å². The molecular weight excluding hydrogens is 254 g/mol. The number of rotatable bonds is 2. The van der Waals surface area contributed by atoms with Gasteiger partial charge in [0.15, 0.2) is 0 Å². The Morgan fingerprint density at radius 2 is 2.05 bits per heavy atom. The molecule has 1 N–H and O–H groups in total. The van der Waals surface area contributed by atoms with Crippen molar-refractivity contribution < 1.29 is 9.53 Å². The van der Waals surface area contributed by atoms with Gasteiger partial charge in [0.2, 0.25) is 5.91 Å². The fourth-order valence-corrected chi connectivity index (χ4v) is 2.68. The summed E-state index contributed by atoms with van der Waals surface area (Å²) in [6.45, 7) is 4.94. The van der Waals surface area contributed by atoms with E-state index in [1.54, 1.807) is 0 Å². The Morgan fingerprint density at radius 1 is 1.30 bits per heavy atom. The largest absolute Gasteiger partial charge is 0.378 e. The molecule has 2 aromatic rings. The number of aromatic nitrogens is 1. The van der Waals surface area contributed by atoms with Gasteiger partial charge < -0.3 is 19.5 Å². The van der Waals surface area contributed by atoms with Crippen LogP contribution in [0.15, 0.2) is 24.4 Å². The van der Waals surface area contributed by atoms with Gasteiger partial charge in [0.25, 0.3) is 0 Å². The van der Waals surface area contributed by atoms with Gasteiger partial charge in [0, 0.05) is 44.3 Å². The van der Waals surface area contributed by atoms with Crippen molar-refractivity contribution >= 4 is 28.2 Å². The lowest BCUT2D eigenvalue weighted by molar-refractivity contribution is -0.114. The van der Waals surface area contributed by atoms with Crippen LogP contribution in [0.25, 0.3) is 10.9 Å². The third-order valence-corrected chi connectivity index (χ3v) is 3.66. The summed E-state index contributed by atoms with van der Waals surface area (Å²) in [6.07, 6.45) is 1.95. The molecule has 1 amide bonds. The summed E-state index contributed by atoms with van der Waals surface area (Å²) in [5.74, 6) is -0.0465. The van der Waals surface area contributed by atoms with E-state index in [1.807, 2.05) is 17.8 Å². The highest BCUT2D eigenvalue weighted by molar-refractivity contribution is 6.02. The lowest BCUT2D eigenvalue weighted by Crippen LogP contribution is -2.36. The molecule has 0 aliphatic carbocycles. The van der Waals surface area contributed by atoms with Gasteiger partial charge in [-0.25, -0.2) is 0 Å². The molecule has 5 heteroatoms. The summed E-state index contributed by atoms with van der Waals surface area (Å²) >= 11 is 0. The number of carbonyl (C=O) groups is 1. The molecule has 1 aliphatic heterocycles. The van der Waals surface area contributed by atoms with Crippen LogP contribution < -0.4 is 10.2 Å². The van der Waals surface area contributed by atoms with Gasteiger partial charge in [0.05, 0.1) is 24.4 Å². The fourth-order valence-electron chi connectivity index (χ4n) is 2.68. The van der Waals surface area contributed by atoms with Gasteiger partial charge in [-0.1, -0.05) is 0 Å². The zero-order valence-electron chi connectivity index (χ0n) is 11.8. The van der Waals surface area contributed by atoms with Crippen LogP contribution in [0, 0.1) is 0 Å². The first kappa shape index (κ1) is 13.0. The summed E-state index contributed by atoms with van der Waals surface area (Å²) in [5, 5.41) is 3.94. The second kappa shape index (κ2) is 5.17. The minimum atomic E-state index is -0.0465. The first-order chi connectivity index (χ1) is 9.65. The van der Waals surface area contributed by atoms with E-state index in [-0.39, 0.29) is 5.91 Å². The summed E-state index contributed by atoms with van der Waals surface area (Å²) in [5.41, 5.74) is 3.19. The number of hydrogen-bond donors (Lipinski definition) is 1. The maximum Gasteiger partial charge on any atom is 0.221 e. The van der Waals surface area contributed by atoms with Crippen LogP contribution >= 0.6 is 0 Å². The number of nitrogens with zero attached hydrogens (tertiary/aromatic N) is 2. The zero-order chi connectivity index (χ0) is 14.1. The SMILES string of the molecule is CC(=O)Nc1cn(C)c2cc(N3CCOCC3)ccc12. The van der Waals surface area contributed by atoms with Crippen LogP contribution in [0.4, 0.5) is 11.4 Å². The van der Waals surface area contributed by atoms with E-state index in [9.17, 15) is 4.79 Å². The molecule has 2 heterocycles. The fraction of sp³-hybridized carbons (Fsp3) is 0.400. The molecule has 3 rings (SSSR count). The highest BCUT2D eigenvalue weighted by Gasteiger charge is 2.14. The summed E-state index contributed by atoms with van der Waals surface area (Å²) in [4.78, 5) is 13.6. The molecular formula is C15H19N3O2. The molecule has 20 heavy (non-hydrogen) atoms. The third kappa shape index (κ3) is 2.36. The lowest BCUT2D eigenvalue weighted by atomic mass is 10.2. The number of anilines is 2. The van der Waals surface area contributed by atoms with Crippen molar-refractivity contribution in [3.8, 4) is 0 Å². The van der Waals surface area contributed by atoms with E-state index < -0.39 is 0 Å². The van der Waals surface area contributed by atoms with Crippen LogP contribution in [-0.2, 0) is 16.6 Å². The predicted octanol–water partition coefficient (Wildman–Crippen LogP) is 1.97. The predicted molar refractivity (Wildman–Crippen MR) is 80.3 cm³/mol. The average Bonchev–Trinajstić information content (AvgIpc) is 2.75. The maximum absolute atomic E-state index is 11.2. The van der Waals surface area contributed by atoms with E-state index in [1.165, 1.54) is 12.6 Å². The lowest BCUT2D eigenvalue weighted by Gasteiger charge is -2.29. The zero-order valence-corrected chi connectivity index (χ0v) is 11.8. The third-order valence-electron chi connectivity index (χ3n) is 3.66. The Morgan fingerprint density at radius 3 is 2.75 bits per heavy atom. The monoisotopic (exact) mass is 273 g/mol. The van der Waals surface area contributed by atoms with E-state index in [2.05, 4.69) is 28.4 Å². The quantitative estimate of drug-likeness (QED) is 0.910. The van der Waals surface area contributed by atoms with Crippen LogP contribution in [0.5, 0.6) is 0 Å². The molecule has 1 aromatic heterocycles. The Hall–Kier alpha value is -2.01. The molecule has 0 unspecified atom stereocenters. The summed E-state index contributed by atoms with van der Waals surface area (Å²) < 4.78 is 7.43. The molecule has 0 radical (unpaired) electrons. The van der Waals surface area contributed by atoms with Crippen molar-refractivity contribution in [2.75, 3.05) is 36.5 Å². The number of nitrogens with one attached hydrogen (secondary N) is 1. The van der Waals surface area contributed by atoms with Crippen LogP contribution in [-0.4, -0.2) is 36.8 Å². The first-order valence-corrected chi connectivity index (χ1v) is 6.84. The van der Waals surface area contributed by atoms with Gasteiger partial charge in [-0.3, -0.25) is 4.79 Å². The molecule has 1 fully saturated rings. The number of morpholine rings is 1. The van der Waals surface area contributed by atoms with Crippen LogP contribution in [0.2, 0.25) is 0 Å². The molecule has 5 nitrogen and oxygen atoms in total. The smallest absolute Gasteiger partial charge is 0.221 e. The molecule has 0 bridgehead atoms. The van der Waals surface area contributed by atoms with Crippen LogP contribution in [0.1, 0.15) is 6.92 Å². The van der Waals surface area contributed by atoms with E-state index in [0.717, 1.165) is 42.9 Å². The highest BCUT2D eigenvalue weighted by Crippen LogP contribution is 2.29. The number of aryl methyl sites for hydroxylation is 1. The Balaban J connectivity index is 1.98. The van der Waals surface area contributed by atoms with E-state index in [4.69, 9.17) is 4.74 Å². The van der Waals surface area contributed by atoms with Crippen molar-refractivity contribution in [2.45, 2.75) is 6.92 Å². The Kier molecular flexibility index (Phi) is 3.36. The normalized spacial score (nSPS) is 15.6.